The number of benzene rings is 1. The number of hydrogen-bond acceptors (Lipinski definition) is 7. The Balaban J connectivity index is 1.76. The maximum absolute atomic E-state index is 15.3. The summed E-state index contributed by atoms with van der Waals surface area (Å²) in [5, 5.41) is 13.2. The molecule has 3 atom stereocenters. The maximum atomic E-state index is 15.3. The first-order valence-electron chi connectivity index (χ1n) is 11.2. The molecule has 0 saturated carbocycles. The van der Waals surface area contributed by atoms with Crippen molar-refractivity contribution in [2.75, 3.05) is 30.4 Å². The Hall–Kier alpha value is -3.63. The van der Waals surface area contributed by atoms with Crippen LogP contribution in [0.2, 0.25) is 0 Å². The van der Waals surface area contributed by atoms with Gasteiger partial charge in [-0.25, -0.2) is 14.4 Å². The average Bonchev–Trinajstić information content (AvgIpc) is 3.31. The molecule has 1 aromatic heterocycles. The number of halogens is 4. The molecule has 2 aromatic rings. The number of nitriles is 1. The van der Waals surface area contributed by atoms with Crippen LogP contribution in [0.1, 0.15) is 19.5 Å². The van der Waals surface area contributed by atoms with Crippen LogP contribution in [0.3, 0.4) is 0 Å². The predicted octanol–water partition coefficient (Wildman–Crippen LogP) is 4.00. The molecule has 1 N–H and O–H groups in total. The zero-order chi connectivity index (χ0) is 27.1. The molecule has 0 aliphatic carbocycles. The molecule has 37 heavy (non-hydrogen) atoms. The van der Waals surface area contributed by atoms with Crippen molar-refractivity contribution in [3.8, 4) is 16.6 Å². The quantitative estimate of drug-likeness (QED) is 0.595. The first-order chi connectivity index (χ1) is 17.4. The molecule has 1 saturated heterocycles. The Morgan fingerprint density at radius 3 is 2.51 bits per heavy atom. The van der Waals surface area contributed by atoms with Gasteiger partial charge in [0.1, 0.15) is 22.8 Å². The predicted molar refractivity (Wildman–Crippen MR) is 131 cm³/mol. The molecule has 2 aliphatic rings. The van der Waals surface area contributed by atoms with Gasteiger partial charge >= 0.3 is 6.18 Å². The maximum Gasteiger partial charge on any atom is 0.414 e. The van der Waals surface area contributed by atoms with Gasteiger partial charge in [-0.2, -0.15) is 18.4 Å². The summed E-state index contributed by atoms with van der Waals surface area (Å²) >= 11 is 1.02. The molecule has 2 amide bonds. The topological polar surface area (TPSA) is 102 Å². The van der Waals surface area contributed by atoms with Crippen LogP contribution in [0.4, 0.5) is 28.9 Å². The summed E-state index contributed by atoms with van der Waals surface area (Å²) in [7, 11) is 1.96. The van der Waals surface area contributed by atoms with Crippen molar-refractivity contribution >= 4 is 40.7 Å². The zero-order valence-corrected chi connectivity index (χ0v) is 20.8. The van der Waals surface area contributed by atoms with Crippen LogP contribution >= 0.6 is 11.3 Å². The van der Waals surface area contributed by atoms with Gasteiger partial charge in [-0.15, -0.1) is 11.3 Å². The van der Waals surface area contributed by atoms with E-state index in [2.05, 4.69) is 20.2 Å². The average molecular weight is 535 g/mol. The molecule has 0 bridgehead atoms. The Bertz CT molecular complexity index is 1330. The van der Waals surface area contributed by atoms with Crippen molar-refractivity contribution in [1.82, 2.24) is 9.88 Å². The first-order valence-corrected chi connectivity index (χ1v) is 12.1. The van der Waals surface area contributed by atoms with E-state index in [0.717, 1.165) is 11.3 Å². The molecule has 1 fully saturated rings. The lowest BCUT2D eigenvalue weighted by Gasteiger charge is -2.44. The van der Waals surface area contributed by atoms with E-state index in [9.17, 15) is 22.8 Å². The number of hydrogen-bond donors (Lipinski definition) is 1. The second-order valence-electron chi connectivity index (χ2n) is 8.95. The summed E-state index contributed by atoms with van der Waals surface area (Å²) in [5.74, 6) is -4.72. The van der Waals surface area contributed by atoms with E-state index in [4.69, 9.17) is 5.26 Å². The Labute approximate surface area is 213 Å². The van der Waals surface area contributed by atoms with Gasteiger partial charge in [0.05, 0.1) is 16.9 Å². The van der Waals surface area contributed by atoms with Crippen molar-refractivity contribution < 1.29 is 27.2 Å². The Morgan fingerprint density at radius 1 is 1.24 bits per heavy atom. The van der Waals surface area contributed by atoms with Crippen molar-refractivity contribution in [2.45, 2.75) is 32.1 Å². The fourth-order valence-electron chi connectivity index (χ4n) is 4.30. The minimum Gasteiger partial charge on any atom is -0.367 e. The number of rotatable bonds is 4. The normalized spacial score (nSPS) is 22.5. The molecule has 4 rings (SSSR count). The number of amides is 2. The van der Waals surface area contributed by atoms with Crippen LogP contribution in [0.5, 0.6) is 0 Å². The number of nitrogens with one attached hydrogen (secondary N) is 1. The number of piperazine rings is 1. The monoisotopic (exact) mass is 534 g/mol. The van der Waals surface area contributed by atoms with E-state index in [-0.39, 0.29) is 34.0 Å². The van der Waals surface area contributed by atoms with Crippen LogP contribution in [0.15, 0.2) is 34.2 Å². The van der Waals surface area contributed by atoms with Gasteiger partial charge in [0, 0.05) is 54.5 Å². The number of alkyl halides is 3. The molecule has 13 heteroatoms. The molecule has 194 valence electrons. The number of likely N-dealkylation sites (N-methyl/N-ethyl adjacent to an activating group) is 1. The highest BCUT2D eigenvalue weighted by Crippen LogP contribution is 2.38. The van der Waals surface area contributed by atoms with Crippen molar-refractivity contribution in [1.29, 1.82) is 5.26 Å². The number of thiazole rings is 1. The lowest BCUT2D eigenvalue weighted by atomic mass is 9.95. The summed E-state index contributed by atoms with van der Waals surface area (Å²) in [6.07, 6.45) is -3.98. The number of nitrogens with zero attached hydrogens (tertiary/aromatic N) is 5. The molecule has 2 aliphatic heterocycles. The summed E-state index contributed by atoms with van der Waals surface area (Å²) in [6.45, 7) is 4.93. The summed E-state index contributed by atoms with van der Waals surface area (Å²) < 4.78 is 56.0. The summed E-state index contributed by atoms with van der Waals surface area (Å²) in [5.41, 5.74) is -0.904. The van der Waals surface area contributed by atoms with Gasteiger partial charge in [0.2, 0.25) is 5.91 Å². The van der Waals surface area contributed by atoms with Crippen molar-refractivity contribution in [3.63, 3.8) is 0 Å². The van der Waals surface area contributed by atoms with E-state index >= 15 is 4.39 Å². The number of carbonyl (C=O) groups is 2. The number of carbonyl (C=O) groups excluding carboxylic acids is 2. The lowest BCUT2D eigenvalue weighted by molar-refractivity contribution is -0.124. The fourth-order valence-corrected chi connectivity index (χ4v) is 5.07. The summed E-state index contributed by atoms with van der Waals surface area (Å²) in [6, 6.07) is 4.52. The number of dihydropyridines is 1. The molecule has 8 nitrogen and oxygen atoms in total. The number of aliphatic imine (C=N–C) groups is 1. The Kier molecular flexibility index (Phi) is 7.16. The minimum absolute atomic E-state index is 0.0140. The van der Waals surface area contributed by atoms with Gasteiger partial charge in [0.15, 0.2) is 5.69 Å². The third-order valence-corrected chi connectivity index (χ3v) is 7.34. The molecular weight excluding hydrogens is 512 g/mol. The second kappa shape index (κ2) is 10.0. The van der Waals surface area contributed by atoms with E-state index in [1.807, 2.05) is 31.9 Å². The van der Waals surface area contributed by atoms with Gasteiger partial charge in [-0.3, -0.25) is 14.5 Å². The van der Waals surface area contributed by atoms with Crippen LogP contribution in [0, 0.1) is 23.1 Å². The largest absolute Gasteiger partial charge is 0.414 e. The van der Waals surface area contributed by atoms with Crippen LogP contribution in [-0.4, -0.2) is 66.3 Å². The van der Waals surface area contributed by atoms with Gasteiger partial charge < -0.3 is 10.2 Å². The van der Waals surface area contributed by atoms with Crippen LogP contribution in [-0.2, 0) is 9.59 Å². The van der Waals surface area contributed by atoms with Crippen LogP contribution in [0.25, 0.3) is 10.6 Å². The third-order valence-electron chi connectivity index (χ3n) is 6.47. The highest BCUT2D eigenvalue weighted by Gasteiger charge is 2.43. The number of aromatic nitrogens is 1. The third kappa shape index (κ3) is 5.40. The second-order valence-corrected chi connectivity index (χ2v) is 9.81. The molecule has 0 spiro atoms. The smallest absolute Gasteiger partial charge is 0.367 e. The minimum atomic E-state index is -4.93. The van der Waals surface area contributed by atoms with Crippen molar-refractivity contribution in [3.05, 3.63) is 40.7 Å². The standard InChI is InChI=1S/C24H22F4N6O2S/c1-12-9-34(10-13(2)33(12)3)20-6-18(25)15(23-31-14(7-29)11-37-23)4-19(20)32-22(36)16-8-30-21(35)5-17(16)24(26,27)28/h4-6,8,11-13,16H,9-10H2,1-3H3,(H,32,36)/t12-,13+,16?. The molecule has 0 radical (unpaired) electrons. The van der Waals surface area contributed by atoms with Crippen LogP contribution < -0.4 is 10.2 Å². The van der Waals surface area contributed by atoms with E-state index in [1.165, 1.54) is 17.5 Å². The van der Waals surface area contributed by atoms with Gasteiger partial charge in [0.25, 0.3) is 5.91 Å². The molecule has 3 heterocycles. The summed E-state index contributed by atoms with van der Waals surface area (Å²) in [4.78, 5) is 36.0. The molecule has 1 unspecified atom stereocenters. The fraction of sp³-hybridized carbons (Fsp3) is 0.375. The van der Waals surface area contributed by atoms with E-state index in [1.54, 1.807) is 0 Å². The zero-order valence-electron chi connectivity index (χ0n) is 20.0. The number of anilines is 2. The SMILES string of the molecule is C[C@@H]1CN(c2cc(F)c(-c3nc(C#N)cs3)cc2NC(=O)C2C=NC(=O)C=C2C(F)(F)F)C[C@H](C)N1C. The first kappa shape index (κ1) is 26.4. The molecule has 1 aromatic carbocycles. The van der Waals surface area contributed by atoms with Gasteiger partial charge in [-0.1, -0.05) is 0 Å². The highest BCUT2D eigenvalue weighted by atomic mass is 32.1. The lowest BCUT2D eigenvalue weighted by Crippen LogP contribution is -2.55. The highest BCUT2D eigenvalue weighted by molar-refractivity contribution is 7.13. The van der Waals surface area contributed by atoms with Gasteiger partial charge in [-0.05, 0) is 27.0 Å². The Morgan fingerprint density at radius 2 is 1.92 bits per heavy atom. The molecular formula is C24H22F4N6O2S. The van der Waals surface area contributed by atoms with Crippen molar-refractivity contribution in [2.24, 2.45) is 10.9 Å². The van der Waals surface area contributed by atoms with E-state index in [0.29, 0.717) is 31.1 Å². The van der Waals surface area contributed by atoms with E-state index < -0.39 is 35.3 Å².